The number of aliphatic hydroxyl groups excluding tert-OH is 1. The number of aliphatic hydroxyl groups is 1. The first kappa shape index (κ1) is 14.3. The van der Waals surface area contributed by atoms with Crippen molar-refractivity contribution in [3.8, 4) is 0 Å². The van der Waals surface area contributed by atoms with Crippen LogP contribution < -0.4 is 4.90 Å². The molecule has 0 bridgehead atoms. The van der Waals surface area contributed by atoms with Gasteiger partial charge in [-0.05, 0) is 32.2 Å². The Labute approximate surface area is 125 Å². The number of hydrogen-bond acceptors (Lipinski definition) is 5. The highest BCUT2D eigenvalue weighted by Crippen LogP contribution is 2.44. The van der Waals surface area contributed by atoms with Gasteiger partial charge in [-0.25, -0.2) is 4.98 Å². The number of thiazole rings is 1. The number of anilines is 1. The van der Waals surface area contributed by atoms with E-state index in [9.17, 15) is 5.11 Å². The standard InChI is InChI=1S/C15H25N3OS/c1-3-18-8-6-12(7-9-18)17(2)15-16-14(11-4-5-11)13(10-19)20-15/h11-12,19H,3-10H2,1-2H3. The topological polar surface area (TPSA) is 39.6 Å². The SMILES string of the molecule is CCN1CCC(N(C)c2nc(C3CC3)c(CO)s2)CC1. The van der Waals surface area contributed by atoms with Crippen LogP contribution >= 0.6 is 11.3 Å². The van der Waals surface area contributed by atoms with Gasteiger partial charge < -0.3 is 14.9 Å². The van der Waals surface area contributed by atoms with Gasteiger partial charge in [-0.3, -0.25) is 0 Å². The summed E-state index contributed by atoms with van der Waals surface area (Å²) < 4.78 is 0. The van der Waals surface area contributed by atoms with E-state index in [4.69, 9.17) is 4.98 Å². The van der Waals surface area contributed by atoms with Gasteiger partial charge in [0.05, 0.1) is 17.2 Å². The highest BCUT2D eigenvalue weighted by molar-refractivity contribution is 7.15. The minimum Gasteiger partial charge on any atom is -0.391 e. The summed E-state index contributed by atoms with van der Waals surface area (Å²) in [6.07, 6.45) is 4.93. The second kappa shape index (κ2) is 6.00. The molecule has 2 aliphatic rings. The molecule has 1 aromatic rings. The molecule has 1 saturated heterocycles. The van der Waals surface area contributed by atoms with Crippen molar-refractivity contribution in [1.29, 1.82) is 0 Å². The van der Waals surface area contributed by atoms with Crippen molar-refractivity contribution in [2.75, 3.05) is 31.6 Å². The van der Waals surface area contributed by atoms with Crippen molar-refractivity contribution in [3.05, 3.63) is 10.6 Å². The Morgan fingerprint density at radius 2 is 2.00 bits per heavy atom. The Bertz CT molecular complexity index is 450. The minimum atomic E-state index is 0.144. The van der Waals surface area contributed by atoms with Crippen LogP contribution in [0.3, 0.4) is 0 Å². The van der Waals surface area contributed by atoms with E-state index in [0.29, 0.717) is 12.0 Å². The average molecular weight is 295 g/mol. The van der Waals surface area contributed by atoms with Crippen LogP contribution in [0.15, 0.2) is 0 Å². The van der Waals surface area contributed by atoms with E-state index in [1.54, 1.807) is 11.3 Å². The molecule has 20 heavy (non-hydrogen) atoms. The number of piperidine rings is 1. The van der Waals surface area contributed by atoms with Gasteiger partial charge in [-0.15, -0.1) is 0 Å². The lowest BCUT2D eigenvalue weighted by molar-refractivity contribution is 0.221. The fraction of sp³-hybridized carbons (Fsp3) is 0.800. The van der Waals surface area contributed by atoms with E-state index in [2.05, 4.69) is 23.8 Å². The molecule has 3 rings (SSSR count). The average Bonchev–Trinajstić information content (AvgIpc) is 3.25. The molecule has 1 aromatic heterocycles. The van der Waals surface area contributed by atoms with Crippen LogP contribution in [0, 0.1) is 0 Å². The molecule has 0 aromatic carbocycles. The summed E-state index contributed by atoms with van der Waals surface area (Å²) in [5.41, 5.74) is 1.17. The number of rotatable bonds is 5. The summed E-state index contributed by atoms with van der Waals surface area (Å²) in [7, 11) is 2.17. The third-order valence-corrected chi connectivity index (χ3v) is 5.82. The van der Waals surface area contributed by atoms with Gasteiger partial charge in [0.15, 0.2) is 5.13 Å². The first-order chi connectivity index (χ1) is 9.72. The zero-order chi connectivity index (χ0) is 14.1. The van der Waals surface area contributed by atoms with Gasteiger partial charge in [-0.2, -0.15) is 0 Å². The van der Waals surface area contributed by atoms with Crippen LogP contribution in [0.4, 0.5) is 5.13 Å². The number of likely N-dealkylation sites (tertiary alicyclic amines) is 1. The molecule has 4 nitrogen and oxygen atoms in total. The summed E-state index contributed by atoms with van der Waals surface area (Å²) >= 11 is 1.69. The van der Waals surface area contributed by atoms with Gasteiger partial charge >= 0.3 is 0 Å². The lowest BCUT2D eigenvalue weighted by atomic mass is 10.0. The quantitative estimate of drug-likeness (QED) is 0.905. The first-order valence-corrected chi connectivity index (χ1v) is 8.60. The lowest BCUT2D eigenvalue weighted by Crippen LogP contribution is -2.43. The molecule has 2 fully saturated rings. The van der Waals surface area contributed by atoms with Gasteiger partial charge in [0.2, 0.25) is 0 Å². The molecule has 2 heterocycles. The molecule has 5 heteroatoms. The highest BCUT2D eigenvalue weighted by atomic mass is 32.1. The van der Waals surface area contributed by atoms with Crippen molar-refractivity contribution in [3.63, 3.8) is 0 Å². The van der Waals surface area contributed by atoms with Crippen LogP contribution in [0.1, 0.15) is 49.1 Å². The van der Waals surface area contributed by atoms with Gasteiger partial charge in [0, 0.05) is 32.1 Å². The maximum atomic E-state index is 9.51. The Hall–Kier alpha value is -0.650. The van der Waals surface area contributed by atoms with Gasteiger partial charge in [0.25, 0.3) is 0 Å². The van der Waals surface area contributed by atoms with Gasteiger partial charge in [-0.1, -0.05) is 18.3 Å². The molecule has 0 spiro atoms. The van der Waals surface area contributed by atoms with Crippen molar-refractivity contribution >= 4 is 16.5 Å². The molecule has 0 radical (unpaired) electrons. The Morgan fingerprint density at radius 1 is 1.30 bits per heavy atom. The molecular weight excluding hydrogens is 270 g/mol. The Kier molecular flexibility index (Phi) is 4.29. The van der Waals surface area contributed by atoms with E-state index in [-0.39, 0.29) is 6.61 Å². The third-order valence-electron chi connectivity index (χ3n) is 4.68. The van der Waals surface area contributed by atoms with Crippen molar-refractivity contribution in [1.82, 2.24) is 9.88 Å². The summed E-state index contributed by atoms with van der Waals surface area (Å²) in [6, 6.07) is 0.600. The van der Waals surface area contributed by atoms with Crippen LogP contribution in [0.5, 0.6) is 0 Å². The fourth-order valence-electron chi connectivity index (χ4n) is 3.07. The van der Waals surface area contributed by atoms with E-state index in [0.717, 1.165) is 16.6 Å². The third kappa shape index (κ3) is 2.85. The number of nitrogens with zero attached hydrogens (tertiary/aromatic N) is 3. The van der Waals surface area contributed by atoms with E-state index < -0.39 is 0 Å². The largest absolute Gasteiger partial charge is 0.391 e. The Morgan fingerprint density at radius 3 is 2.55 bits per heavy atom. The van der Waals surface area contributed by atoms with E-state index >= 15 is 0 Å². The molecule has 0 unspecified atom stereocenters. The molecule has 1 aliphatic carbocycles. The molecule has 0 atom stereocenters. The van der Waals surface area contributed by atoms with Crippen molar-refractivity contribution in [2.45, 2.75) is 51.2 Å². The number of hydrogen-bond donors (Lipinski definition) is 1. The highest BCUT2D eigenvalue weighted by Gasteiger charge is 2.31. The lowest BCUT2D eigenvalue weighted by Gasteiger charge is -2.36. The molecule has 1 N–H and O–H groups in total. The molecule has 112 valence electrons. The first-order valence-electron chi connectivity index (χ1n) is 7.78. The fourth-order valence-corrected chi connectivity index (χ4v) is 4.11. The predicted molar refractivity (Wildman–Crippen MR) is 83.6 cm³/mol. The predicted octanol–water partition coefficient (Wildman–Crippen LogP) is 2.43. The van der Waals surface area contributed by atoms with Crippen LogP contribution in [-0.4, -0.2) is 47.7 Å². The Balaban J connectivity index is 1.69. The van der Waals surface area contributed by atoms with Gasteiger partial charge in [0.1, 0.15) is 0 Å². The summed E-state index contributed by atoms with van der Waals surface area (Å²) in [6.45, 7) is 5.93. The molecular formula is C15H25N3OS. The minimum absolute atomic E-state index is 0.144. The summed E-state index contributed by atoms with van der Waals surface area (Å²) in [5, 5.41) is 10.6. The maximum absolute atomic E-state index is 9.51. The monoisotopic (exact) mass is 295 g/mol. The van der Waals surface area contributed by atoms with Crippen LogP contribution in [0.25, 0.3) is 0 Å². The zero-order valence-electron chi connectivity index (χ0n) is 12.5. The number of aromatic nitrogens is 1. The van der Waals surface area contributed by atoms with E-state index in [1.165, 1.54) is 44.5 Å². The van der Waals surface area contributed by atoms with Crippen molar-refractivity contribution in [2.24, 2.45) is 0 Å². The smallest absolute Gasteiger partial charge is 0.185 e. The maximum Gasteiger partial charge on any atom is 0.185 e. The molecule has 1 saturated carbocycles. The van der Waals surface area contributed by atoms with Crippen molar-refractivity contribution < 1.29 is 5.11 Å². The van der Waals surface area contributed by atoms with Crippen LogP contribution in [0.2, 0.25) is 0 Å². The van der Waals surface area contributed by atoms with Crippen LogP contribution in [-0.2, 0) is 6.61 Å². The zero-order valence-corrected chi connectivity index (χ0v) is 13.3. The second-order valence-electron chi connectivity index (χ2n) is 6.01. The van der Waals surface area contributed by atoms with E-state index in [1.807, 2.05) is 0 Å². The normalized spacial score (nSPS) is 21.4. The summed E-state index contributed by atoms with van der Waals surface area (Å²) in [4.78, 5) is 10.8. The molecule has 0 amide bonds. The second-order valence-corrected chi connectivity index (χ2v) is 7.08. The summed E-state index contributed by atoms with van der Waals surface area (Å²) in [5.74, 6) is 0.623. The molecule has 1 aliphatic heterocycles.